The minimum atomic E-state index is -0.598. The predicted octanol–water partition coefficient (Wildman–Crippen LogP) is 0.633. The number of fused-ring (bicyclic) bond motifs is 2. The normalized spacial score (nSPS) is 12.2. The molecule has 0 aliphatic carbocycles. The highest BCUT2D eigenvalue weighted by atomic mass is 16.7. The monoisotopic (exact) mass is 389 g/mol. The van der Waals surface area contributed by atoms with E-state index in [-0.39, 0.29) is 24.8 Å². The molecule has 9 heteroatoms. The van der Waals surface area contributed by atoms with Crippen molar-refractivity contribution in [1.29, 1.82) is 0 Å². The number of ether oxygens (including phenoxy) is 3. The lowest BCUT2D eigenvalue weighted by atomic mass is 10.1. The molecular formula is C19H23N3O6. The molecular weight excluding hydrogens is 366 g/mol. The van der Waals surface area contributed by atoms with Crippen LogP contribution in [-0.2, 0) is 16.1 Å². The van der Waals surface area contributed by atoms with Gasteiger partial charge in [-0.1, -0.05) is 0 Å². The number of methoxy groups -OCH3 is 1. The molecule has 9 nitrogen and oxygen atoms in total. The molecule has 2 amide bonds. The molecule has 1 aliphatic rings. The molecule has 0 bridgehead atoms. The van der Waals surface area contributed by atoms with Gasteiger partial charge in [0.2, 0.25) is 18.1 Å². The standard InChI is InChI=1S/C19H23N3O6/c1-3-22-10-13(19(25)21-9-17(23)20-5-4-6-26-2)18(24)12-7-15-16(8-14(12)22)28-11-27-15/h7-8,10H,3-6,9,11H2,1-2H3,(H,20,23)(H,21,25). The molecule has 2 heterocycles. The van der Waals surface area contributed by atoms with Crippen LogP contribution in [0.25, 0.3) is 10.9 Å². The van der Waals surface area contributed by atoms with E-state index in [9.17, 15) is 14.4 Å². The topological polar surface area (TPSA) is 108 Å². The van der Waals surface area contributed by atoms with Gasteiger partial charge in [-0.15, -0.1) is 0 Å². The smallest absolute Gasteiger partial charge is 0.257 e. The maximum absolute atomic E-state index is 12.8. The zero-order chi connectivity index (χ0) is 20.1. The van der Waals surface area contributed by atoms with Gasteiger partial charge in [0.1, 0.15) is 5.56 Å². The second kappa shape index (κ2) is 8.75. The number of amides is 2. The first-order valence-electron chi connectivity index (χ1n) is 9.05. The predicted molar refractivity (Wildman–Crippen MR) is 102 cm³/mol. The number of hydrogen-bond donors (Lipinski definition) is 2. The summed E-state index contributed by atoms with van der Waals surface area (Å²) in [6.45, 7) is 3.34. The Morgan fingerprint density at radius 3 is 2.68 bits per heavy atom. The summed E-state index contributed by atoms with van der Waals surface area (Å²) >= 11 is 0. The third-order valence-corrected chi connectivity index (χ3v) is 4.42. The summed E-state index contributed by atoms with van der Waals surface area (Å²) in [4.78, 5) is 37.2. The van der Waals surface area contributed by atoms with E-state index in [1.54, 1.807) is 23.8 Å². The fraction of sp³-hybridized carbons (Fsp3) is 0.421. The van der Waals surface area contributed by atoms with Crippen LogP contribution < -0.4 is 25.5 Å². The number of pyridine rings is 1. The lowest BCUT2D eigenvalue weighted by molar-refractivity contribution is -0.120. The molecule has 0 fully saturated rings. The molecule has 0 radical (unpaired) electrons. The molecule has 2 aromatic rings. The van der Waals surface area contributed by atoms with Gasteiger partial charge < -0.3 is 29.4 Å². The molecule has 28 heavy (non-hydrogen) atoms. The van der Waals surface area contributed by atoms with E-state index >= 15 is 0 Å². The number of carbonyl (C=O) groups is 2. The molecule has 1 aromatic heterocycles. The van der Waals surface area contributed by atoms with Crippen LogP contribution in [0.1, 0.15) is 23.7 Å². The summed E-state index contributed by atoms with van der Waals surface area (Å²) in [5.41, 5.74) is 0.209. The molecule has 1 aromatic carbocycles. The molecule has 0 unspecified atom stereocenters. The van der Waals surface area contributed by atoms with Crippen LogP contribution >= 0.6 is 0 Å². The van der Waals surface area contributed by atoms with Crippen LogP contribution in [0, 0.1) is 0 Å². The summed E-state index contributed by atoms with van der Waals surface area (Å²) in [6, 6.07) is 3.32. The fourth-order valence-electron chi connectivity index (χ4n) is 2.97. The lowest BCUT2D eigenvalue weighted by Crippen LogP contribution is -2.39. The molecule has 0 spiro atoms. The van der Waals surface area contributed by atoms with Crippen LogP contribution in [-0.4, -0.2) is 50.0 Å². The van der Waals surface area contributed by atoms with E-state index in [0.29, 0.717) is 48.5 Å². The first-order valence-corrected chi connectivity index (χ1v) is 9.05. The van der Waals surface area contributed by atoms with E-state index in [2.05, 4.69) is 10.6 Å². The number of aromatic nitrogens is 1. The number of nitrogens with zero attached hydrogens (tertiary/aromatic N) is 1. The minimum Gasteiger partial charge on any atom is -0.454 e. The Kier molecular flexibility index (Phi) is 6.15. The molecule has 0 saturated heterocycles. The maximum atomic E-state index is 12.8. The largest absolute Gasteiger partial charge is 0.454 e. The van der Waals surface area contributed by atoms with Crippen molar-refractivity contribution in [3.8, 4) is 11.5 Å². The molecule has 0 atom stereocenters. The number of benzene rings is 1. The average Bonchev–Trinajstić information content (AvgIpc) is 3.16. The van der Waals surface area contributed by atoms with Gasteiger partial charge >= 0.3 is 0 Å². The summed E-state index contributed by atoms with van der Waals surface area (Å²) in [5, 5.41) is 5.53. The second-order valence-electron chi connectivity index (χ2n) is 6.26. The third kappa shape index (κ3) is 4.09. The van der Waals surface area contributed by atoms with E-state index in [4.69, 9.17) is 14.2 Å². The summed E-state index contributed by atoms with van der Waals surface area (Å²) in [6.07, 6.45) is 2.18. The van der Waals surface area contributed by atoms with Crippen LogP contribution in [0.5, 0.6) is 11.5 Å². The quantitative estimate of drug-likeness (QED) is 0.642. The van der Waals surface area contributed by atoms with Crippen molar-refractivity contribution < 1.29 is 23.8 Å². The van der Waals surface area contributed by atoms with Gasteiger partial charge in [0.05, 0.1) is 17.4 Å². The Balaban J connectivity index is 1.78. The highest BCUT2D eigenvalue weighted by Crippen LogP contribution is 2.35. The number of aryl methyl sites for hydroxylation is 1. The van der Waals surface area contributed by atoms with Crippen molar-refractivity contribution in [1.82, 2.24) is 15.2 Å². The van der Waals surface area contributed by atoms with E-state index < -0.39 is 11.3 Å². The van der Waals surface area contributed by atoms with Crippen molar-refractivity contribution in [2.45, 2.75) is 19.9 Å². The number of hydrogen-bond acceptors (Lipinski definition) is 6. The molecule has 150 valence electrons. The Morgan fingerprint density at radius 1 is 1.21 bits per heavy atom. The van der Waals surface area contributed by atoms with Gasteiger partial charge in [-0.05, 0) is 19.4 Å². The maximum Gasteiger partial charge on any atom is 0.257 e. The number of carbonyl (C=O) groups excluding carboxylic acids is 2. The first-order chi connectivity index (χ1) is 13.5. The van der Waals surface area contributed by atoms with Gasteiger partial charge in [-0.2, -0.15) is 0 Å². The van der Waals surface area contributed by atoms with Gasteiger partial charge in [-0.25, -0.2) is 0 Å². The van der Waals surface area contributed by atoms with Gasteiger partial charge in [0, 0.05) is 39.1 Å². The summed E-state index contributed by atoms with van der Waals surface area (Å²) < 4.78 is 17.4. The van der Waals surface area contributed by atoms with Crippen molar-refractivity contribution in [2.75, 3.05) is 33.6 Å². The zero-order valence-corrected chi connectivity index (χ0v) is 15.9. The van der Waals surface area contributed by atoms with E-state index in [1.165, 1.54) is 6.20 Å². The van der Waals surface area contributed by atoms with Crippen LogP contribution in [0.4, 0.5) is 0 Å². The van der Waals surface area contributed by atoms with Crippen molar-refractivity contribution in [3.05, 3.63) is 34.1 Å². The highest BCUT2D eigenvalue weighted by Gasteiger charge is 2.20. The molecule has 0 saturated carbocycles. The van der Waals surface area contributed by atoms with E-state index in [0.717, 1.165) is 0 Å². The average molecular weight is 389 g/mol. The van der Waals surface area contributed by atoms with Crippen LogP contribution in [0.3, 0.4) is 0 Å². The van der Waals surface area contributed by atoms with Crippen molar-refractivity contribution >= 4 is 22.7 Å². The Hall–Kier alpha value is -3.07. The van der Waals surface area contributed by atoms with Crippen LogP contribution in [0.2, 0.25) is 0 Å². The Morgan fingerprint density at radius 2 is 1.96 bits per heavy atom. The SMILES string of the molecule is CCn1cc(C(=O)NCC(=O)NCCCOC)c(=O)c2cc3c(cc21)OCO3. The number of nitrogens with one attached hydrogen (secondary N) is 2. The second-order valence-corrected chi connectivity index (χ2v) is 6.26. The van der Waals surface area contributed by atoms with Crippen molar-refractivity contribution in [3.63, 3.8) is 0 Å². The molecule has 1 aliphatic heterocycles. The Labute approximate surface area is 161 Å². The van der Waals surface area contributed by atoms with Crippen LogP contribution in [0.15, 0.2) is 23.1 Å². The minimum absolute atomic E-state index is 0.0274. The summed E-state index contributed by atoms with van der Waals surface area (Å²) in [5.74, 6) is 0.111. The fourth-order valence-corrected chi connectivity index (χ4v) is 2.97. The Bertz CT molecular complexity index is 953. The molecule has 3 rings (SSSR count). The van der Waals surface area contributed by atoms with E-state index in [1.807, 2.05) is 6.92 Å². The molecule has 2 N–H and O–H groups in total. The first kappa shape index (κ1) is 19.7. The third-order valence-electron chi connectivity index (χ3n) is 4.42. The zero-order valence-electron chi connectivity index (χ0n) is 15.9. The van der Waals surface area contributed by atoms with Crippen molar-refractivity contribution in [2.24, 2.45) is 0 Å². The lowest BCUT2D eigenvalue weighted by Gasteiger charge is -2.12. The van der Waals surface area contributed by atoms with Gasteiger partial charge in [0.25, 0.3) is 5.91 Å². The van der Waals surface area contributed by atoms with Gasteiger partial charge in [0.15, 0.2) is 11.5 Å². The summed E-state index contributed by atoms with van der Waals surface area (Å²) in [7, 11) is 1.59. The number of rotatable bonds is 8. The highest BCUT2D eigenvalue weighted by molar-refractivity contribution is 5.99. The van der Waals surface area contributed by atoms with Gasteiger partial charge in [-0.3, -0.25) is 14.4 Å².